The summed E-state index contributed by atoms with van der Waals surface area (Å²) in [6, 6.07) is 23.2. The SMILES string of the molecule is OC(CNCc1ccccc1)CN1CCN(C(c2ccc(F)cc2)c2ccc(F)cc2)CC1. The van der Waals surface area contributed by atoms with Gasteiger partial charge in [-0.1, -0.05) is 54.6 Å². The smallest absolute Gasteiger partial charge is 0.123 e. The zero-order chi connectivity index (χ0) is 23.0. The second kappa shape index (κ2) is 11.5. The van der Waals surface area contributed by atoms with Crippen molar-refractivity contribution < 1.29 is 13.9 Å². The standard InChI is InChI=1S/C27H31F2N3O/c28-24-10-6-22(7-11-24)27(23-8-12-25(29)13-9-23)32-16-14-31(15-17-32)20-26(33)19-30-18-21-4-2-1-3-5-21/h1-13,26-27,30,33H,14-20H2. The lowest BCUT2D eigenvalue weighted by Gasteiger charge is -2.40. The van der Waals surface area contributed by atoms with Crippen molar-refractivity contribution in [3.63, 3.8) is 0 Å². The first-order valence-corrected chi connectivity index (χ1v) is 11.5. The Morgan fingerprint density at radius 2 is 1.30 bits per heavy atom. The maximum Gasteiger partial charge on any atom is 0.123 e. The summed E-state index contributed by atoms with van der Waals surface area (Å²) in [4.78, 5) is 4.62. The second-order valence-electron chi connectivity index (χ2n) is 8.61. The van der Waals surface area contributed by atoms with Gasteiger partial charge in [-0.25, -0.2) is 8.78 Å². The quantitative estimate of drug-likeness (QED) is 0.519. The second-order valence-corrected chi connectivity index (χ2v) is 8.61. The summed E-state index contributed by atoms with van der Waals surface area (Å²) in [5, 5.41) is 13.8. The first-order valence-electron chi connectivity index (χ1n) is 11.5. The highest BCUT2D eigenvalue weighted by Crippen LogP contribution is 2.30. The number of nitrogens with one attached hydrogen (secondary N) is 1. The predicted molar refractivity (Wildman–Crippen MR) is 127 cm³/mol. The van der Waals surface area contributed by atoms with Gasteiger partial charge >= 0.3 is 0 Å². The molecule has 0 saturated carbocycles. The van der Waals surface area contributed by atoms with Gasteiger partial charge in [-0.3, -0.25) is 9.80 Å². The van der Waals surface area contributed by atoms with Gasteiger partial charge in [-0.05, 0) is 41.0 Å². The van der Waals surface area contributed by atoms with E-state index in [-0.39, 0.29) is 17.7 Å². The van der Waals surface area contributed by atoms with Crippen LogP contribution in [0.1, 0.15) is 22.7 Å². The highest BCUT2D eigenvalue weighted by Gasteiger charge is 2.27. The van der Waals surface area contributed by atoms with Gasteiger partial charge in [-0.15, -0.1) is 0 Å². The lowest BCUT2D eigenvalue weighted by molar-refractivity contribution is 0.0623. The molecule has 0 aliphatic carbocycles. The third-order valence-electron chi connectivity index (χ3n) is 6.16. The molecule has 0 bridgehead atoms. The van der Waals surface area contributed by atoms with Crippen LogP contribution in [0, 0.1) is 11.6 Å². The lowest BCUT2D eigenvalue weighted by atomic mass is 9.96. The van der Waals surface area contributed by atoms with E-state index in [9.17, 15) is 13.9 Å². The molecule has 3 aromatic carbocycles. The first kappa shape index (κ1) is 23.5. The van der Waals surface area contributed by atoms with Crippen LogP contribution >= 0.6 is 0 Å². The van der Waals surface area contributed by atoms with E-state index in [1.54, 1.807) is 24.3 Å². The van der Waals surface area contributed by atoms with E-state index in [4.69, 9.17) is 0 Å². The number of piperazine rings is 1. The molecule has 33 heavy (non-hydrogen) atoms. The number of aliphatic hydroxyl groups excluding tert-OH is 1. The molecule has 0 amide bonds. The number of β-amino-alcohol motifs (C(OH)–C–C–N with tert-alkyl or cyclic N) is 1. The molecular weight excluding hydrogens is 420 g/mol. The van der Waals surface area contributed by atoms with Crippen LogP contribution in [-0.2, 0) is 6.54 Å². The van der Waals surface area contributed by atoms with Crippen molar-refractivity contribution in [1.82, 2.24) is 15.1 Å². The number of nitrogens with zero attached hydrogens (tertiary/aromatic N) is 2. The highest BCUT2D eigenvalue weighted by molar-refractivity contribution is 5.32. The molecule has 174 valence electrons. The van der Waals surface area contributed by atoms with E-state index < -0.39 is 6.10 Å². The van der Waals surface area contributed by atoms with Crippen LogP contribution in [0.2, 0.25) is 0 Å². The van der Waals surface area contributed by atoms with E-state index in [0.29, 0.717) is 13.1 Å². The molecule has 6 heteroatoms. The summed E-state index contributed by atoms with van der Waals surface area (Å²) in [6.07, 6.45) is -0.440. The third kappa shape index (κ3) is 6.68. The molecule has 1 heterocycles. The Morgan fingerprint density at radius 3 is 1.85 bits per heavy atom. The van der Waals surface area contributed by atoms with Crippen molar-refractivity contribution >= 4 is 0 Å². The van der Waals surface area contributed by atoms with Crippen molar-refractivity contribution in [2.75, 3.05) is 39.3 Å². The number of halogens is 2. The van der Waals surface area contributed by atoms with Crippen LogP contribution < -0.4 is 5.32 Å². The molecule has 2 N–H and O–H groups in total. The summed E-state index contributed by atoms with van der Waals surface area (Å²) in [5.74, 6) is -0.535. The molecule has 0 spiro atoms. The Morgan fingerprint density at radius 1 is 0.758 bits per heavy atom. The predicted octanol–water partition coefficient (Wildman–Crippen LogP) is 3.82. The number of aliphatic hydroxyl groups is 1. The fourth-order valence-electron chi connectivity index (χ4n) is 4.45. The van der Waals surface area contributed by atoms with Crippen molar-refractivity contribution in [2.45, 2.75) is 18.7 Å². The van der Waals surface area contributed by atoms with Crippen molar-refractivity contribution in [3.8, 4) is 0 Å². The van der Waals surface area contributed by atoms with Gasteiger partial charge in [0, 0.05) is 45.8 Å². The molecule has 0 aromatic heterocycles. The summed E-state index contributed by atoms with van der Waals surface area (Å²) in [5.41, 5.74) is 3.18. The van der Waals surface area contributed by atoms with Gasteiger partial charge in [0.2, 0.25) is 0 Å². The van der Waals surface area contributed by atoms with Crippen LogP contribution in [-0.4, -0.2) is 60.3 Å². The van der Waals surface area contributed by atoms with Gasteiger partial charge < -0.3 is 10.4 Å². The summed E-state index contributed by atoms with van der Waals surface area (Å²) in [6.45, 7) is 5.18. The molecule has 1 aliphatic rings. The monoisotopic (exact) mass is 451 g/mol. The van der Waals surface area contributed by atoms with Gasteiger partial charge in [-0.2, -0.15) is 0 Å². The van der Waals surface area contributed by atoms with Crippen LogP contribution in [0.25, 0.3) is 0 Å². The topological polar surface area (TPSA) is 38.7 Å². The summed E-state index contributed by atoms with van der Waals surface area (Å²) >= 11 is 0. The summed E-state index contributed by atoms with van der Waals surface area (Å²) < 4.78 is 27.0. The van der Waals surface area contributed by atoms with Crippen molar-refractivity contribution in [1.29, 1.82) is 0 Å². The molecular formula is C27H31F2N3O. The molecule has 3 aromatic rings. The Bertz CT molecular complexity index is 929. The van der Waals surface area contributed by atoms with Crippen molar-refractivity contribution in [3.05, 3.63) is 107 Å². The minimum absolute atomic E-state index is 0.0641. The number of hydrogen-bond donors (Lipinski definition) is 2. The molecule has 1 aliphatic heterocycles. The van der Waals surface area contributed by atoms with Gasteiger partial charge in [0.05, 0.1) is 12.1 Å². The fourth-order valence-corrected chi connectivity index (χ4v) is 4.45. The molecule has 4 rings (SSSR count). The van der Waals surface area contributed by atoms with E-state index in [2.05, 4.69) is 27.2 Å². The van der Waals surface area contributed by atoms with Crippen LogP contribution in [0.3, 0.4) is 0 Å². The van der Waals surface area contributed by atoms with E-state index in [1.807, 2.05) is 18.2 Å². The number of benzene rings is 3. The Hall–Kier alpha value is -2.64. The zero-order valence-electron chi connectivity index (χ0n) is 18.7. The minimum atomic E-state index is -0.440. The molecule has 0 radical (unpaired) electrons. The van der Waals surface area contributed by atoms with Crippen molar-refractivity contribution in [2.24, 2.45) is 0 Å². The fraction of sp³-hybridized carbons (Fsp3) is 0.333. The minimum Gasteiger partial charge on any atom is -0.390 e. The molecule has 1 saturated heterocycles. The average Bonchev–Trinajstić information content (AvgIpc) is 2.83. The molecule has 4 nitrogen and oxygen atoms in total. The zero-order valence-corrected chi connectivity index (χ0v) is 18.7. The Labute approximate surface area is 194 Å². The van der Waals surface area contributed by atoms with E-state index in [1.165, 1.54) is 29.8 Å². The van der Waals surface area contributed by atoms with Gasteiger partial charge in [0.25, 0.3) is 0 Å². The lowest BCUT2D eigenvalue weighted by Crippen LogP contribution is -2.50. The Kier molecular flexibility index (Phi) is 8.18. The molecule has 1 unspecified atom stereocenters. The van der Waals surface area contributed by atoms with E-state index in [0.717, 1.165) is 43.9 Å². The Balaban J connectivity index is 1.32. The maximum atomic E-state index is 13.5. The van der Waals surface area contributed by atoms with Crippen LogP contribution in [0.5, 0.6) is 0 Å². The molecule has 1 atom stereocenters. The maximum absolute atomic E-state index is 13.5. The van der Waals surface area contributed by atoms with Gasteiger partial charge in [0.15, 0.2) is 0 Å². The average molecular weight is 452 g/mol. The molecule has 1 fully saturated rings. The first-order chi connectivity index (χ1) is 16.1. The van der Waals surface area contributed by atoms with E-state index >= 15 is 0 Å². The normalized spacial score (nSPS) is 16.2. The third-order valence-corrected chi connectivity index (χ3v) is 6.16. The largest absolute Gasteiger partial charge is 0.390 e. The van der Waals surface area contributed by atoms with Crippen LogP contribution in [0.4, 0.5) is 8.78 Å². The summed E-state index contributed by atoms with van der Waals surface area (Å²) in [7, 11) is 0. The van der Waals surface area contributed by atoms with Crippen LogP contribution in [0.15, 0.2) is 78.9 Å². The number of hydrogen-bond acceptors (Lipinski definition) is 4. The highest BCUT2D eigenvalue weighted by atomic mass is 19.1. The number of rotatable bonds is 9. The van der Waals surface area contributed by atoms with Gasteiger partial charge in [0.1, 0.15) is 11.6 Å².